The molecule has 0 aromatic carbocycles. The van der Waals surface area contributed by atoms with Crippen molar-refractivity contribution in [1.82, 2.24) is 5.32 Å². The fraction of sp³-hybridized carbons (Fsp3) is 0.857. The van der Waals surface area contributed by atoms with Crippen molar-refractivity contribution in [2.24, 2.45) is 17.8 Å². The van der Waals surface area contributed by atoms with Gasteiger partial charge in [-0.15, -0.1) is 0 Å². The molecule has 0 unspecified atom stereocenters. The standard InChI is InChI=1S/C14H27NO/c1-11(7-8-16)9-15-10-14-12(2)5-4-6-13(14)3/h5,11,13-16H,4,6-10H2,1-3H3/t11-,13+,14-/m1/s1. The Balaban J connectivity index is 2.25. The molecule has 1 aliphatic rings. The molecule has 0 bridgehead atoms. The van der Waals surface area contributed by atoms with Crippen molar-refractivity contribution in [3.8, 4) is 0 Å². The number of nitrogens with one attached hydrogen (secondary N) is 1. The van der Waals surface area contributed by atoms with Gasteiger partial charge in [0.25, 0.3) is 0 Å². The summed E-state index contributed by atoms with van der Waals surface area (Å²) in [4.78, 5) is 0. The largest absolute Gasteiger partial charge is 0.396 e. The van der Waals surface area contributed by atoms with E-state index in [-0.39, 0.29) is 0 Å². The van der Waals surface area contributed by atoms with Gasteiger partial charge >= 0.3 is 0 Å². The summed E-state index contributed by atoms with van der Waals surface area (Å²) in [5, 5.41) is 12.4. The zero-order valence-corrected chi connectivity index (χ0v) is 11.0. The lowest BCUT2D eigenvalue weighted by Crippen LogP contribution is -2.32. The molecule has 3 atom stereocenters. The Hall–Kier alpha value is -0.340. The van der Waals surface area contributed by atoms with Crippen molar-refractivity contribution in [2.45, 2.75) is 40.0 Å². The molecule has 0 saturated heterocycles. The molecule has 94 valence electrons. The fourth-order valence-electron chi connectivity index (χ4n) is 2.55. The average Bonchev–Trinajstić information content (AvgIpc) is 2.23. The number of allylic oxidation sites excluding steroid dienone is 1. The zero-order chi connectivity index (χ0) is 12.0. The molecule has 16 heavy (non-hydrogen) atoms. The van der Waals surface area contributed by atoms with E-state index in [9.17, 15) is 0 Å². The van der Waals surface area contributed by atoms with Gasteiger partial charge in [-0.3, -0.25) is 0 Å². The van der Waals surface area contributed by atoms with Gasteiger partial charge in [0, 0.05) is 13.2 Å². The zero-order valence-electron chi connectivity index (χ0n) is 11.0. The van der Waals surface area contributed by atoms with Crippen molar-refractivity contribution < 1.29 is 5.11 Å². The third-order valence-corrected chi connectivity index (χ3v) is 3.84. The van der Waals surface area contributed by atoms with Crippen LogP contribution >= 0.6 is 0 Å². The Labute approximate surface area is 100 Å². The van der Waals surface area contributed by atoms with Crippen LogP contribution in [0.1, 0.15) is 40.0 Å². The van der Waals surface area contributed by atoms with Crippen LogP contribution in [0.25, 0.3) is 0 Å². The lowest BCUT2D eigenvalue weighted by Gasteiger charge is -2.29. The van der Waals surface area contributed by atoms with E-state index in [2.05, 4.69) is 32.2 Å². The summed E-state index contributed by atoms with van der Waals surface area (Å²) in [6.45, 7) is 9.24. The molecule has 0 aromatic heterocycles. The van der Waals surface area contributed by atoms with Crippen LogP contribution in [-0.2, 0) is 0 Å². The second-order valence-electron chi connectivity index (χ2n) is 5.38. The van der Waals surface area contributed by atoms with E-state index in [1.165, 1.54) is 12.8 Å². The number of aliphatic hydroxyl groups is 1. The molecule has 1 aliphatic carbocycles. The monoisotopic (exact) mass is 225 g/mol. The predicted octanol–water partition coefficient (Wildman–Crippen LogP) is 2.59. The van der Waals surface area contributed by atoms with Crippen LogP contribution in [0.2, 0.25) is 0 Å². The predicted molar refractivity (Wildman–Crippen MR) is 69.4 cm³/mol. The van der Waals surface area contributed by atoms with Gasteiger partial charge in [0.05, 0.1) is 0 Å². The van der Waals surface area contributed by atoms with E-state index in [1.54, 1.807) is 5.57 Å². The first-order chi connectivity index (χ1) is 7.65. The summed E-state index contributed by atoms with van der Waals surface area (Å²) >= 11 is 0. The Kier molecular flexibility index (Phi) is 6.07. The van der Waals surface area contributed by atoms with E-state index in [1.807, 2.05) is 0 Å². The number of hydrogen-bond donors (Lipinski definition) is 2. The molecular formula is C14H27NO. The van der Waals surface area contributed by atoms with Crippen molar-refractivity contribution >= 4 is 0 Å². The number of rotatable bonds is 6. The van der Waals surface area contributed by atoms with Gasteiger partial charge in [-0.05, 0) is 50.5 Å². The van der Waals surface area contributed by atoms with Gasteiger partial charge in [-0.25, -0.2) is 0 Å². The smallest absolute Gasteiger partial charge is 0.0434 e. The highest BCUT2D eigenvalue weighted by Crippen LogP contribution is 2.29. The van der Waals surface area contributed by atoms with Crippen LogP contribution < -0.4 is 5.32 Å². The lowest BCUT2D eigenvalue weighted by molar-refractivity contribution is 0.257. The van der Waals surface area contributed by atoms with Crippen molar-refractivity contribution in [2.75, 3.05) is 19.7 Å². The van der Waals surface area contributed by atoms with Gasteiger partial charge in [0.15, 0.2) is 0 Å². The van der Waals surface area contributed by atoms with Gasteiger partial charge in [-0.2, -0.15) is 0 Å². The van der Waals surface area contributed by atoms with Gasteiger partial charge in [0.1, 0.15) is 0 Å². The average molecular weight is 225 g/mol. The van der Waals surface area contributed by atoms with Crippen LogP contribution in [0.3, 0.4) is 0 Å². The SMILES string of the molecule is CC1=CCC[C@H](C)[C@@H]1CNC[C@H](C)CCO. The molecule has 0 amide bonds. The van der Waals surface area contributed by atoms with Crippen LogP contribution in [-0.4, -0.2) is 24.8 Å². The topological polar surface area (TPSA) is 32.3 Å². The molecule has 0 radical (unpaired) electrons. The maximum Gasteiger partial charge on any atom is 0.0434 e. The summed E-state index contributed by atoms with van der Waals surface area (Å²) < 4.78 is 0. The maximum atomic E-state index is 8.83. The summed E-state index contributed by atoms with van der Waals surface area (Å²) in [6, 6.07) is 0. The first-order valence-corrected chi connectivity index (χ1v) is 6.63. The summed E-state index contributed by atoms with van der Waals surface area (Å²) in [5.41, 5.74) is 1.56. The third kappa shape index (κ3) is 4.26. The number of hydrogen-bond acceptors (Lipinski definition) is 2. The van der Waals surface area contributed by atoms with E-state index >= 15 is 0 Å². The second-order valence-corrected chi connectivity index (χ2v) is 5.38. The van der Waals surface area contributed by atoms with E-state index in [0.717, 1.165) is 31.3 Å². The van der Waals surface area contributed by atoms with Crippen LogP contribution in [0.4, 0.5) is 0 Å². The van der Waals surface area contributed by atoms with Crippen molar-refractivity contribution in [1.29, 1.82) is 0 Å². The molecule has 2 N–H and O–H groups in total. The quantitative estimate of drug-likeness (QED) is 0.681. The van der Waals surface area contributed by atoms with E-state index < -0.39 is 0 Å². The highest BCUT2D eigenvalue weighted by atomic mass is 16.3. The normalized spacial score (nSPS) is 27.6. The molecule has 0 heterocycles. The third-order valence-electron chi connectivity index (χ3n) is 3.84. The minimum Gasteiger partial charge on any atom is -0.396 e. The molecule has 0 saturated carbocycles. The Morgan fingerprint density at radius 3 is 2.94 bits per heavy atom. The highest BCUT2D eigenvalue weighted by Gasteiger charge is 2.21. The minimum atomic E-state index is 0.307. The van der Waals surface area contributed by atoms with Crippen LogP contribution in [0, 0.1) is 17.8 Å². The van der Waals surface area contributed by atoms with Gasteiger partial charge in [-0.1, -0.05) is 25.5 Å². The first kappa shape index (κ1) is 13.7. The molecule has 1 rings (SSSR count). The van der Waals surface area contributed by atoms with Gasteiger partial charge in [0.2, 0.25) is 0 Å². The fourth-order valence-corrected chi connectivity index (χ4v) is 2.55. The lowest BCUT2D eigenvalue weighted by atomic mass is 9.80. The molecule has 2 heteroatoms. The highest BCUT2D eigenvalue weighted by molar-refractivity contribution is 5.09. The molecular weight excluding hydrogens is 198 g/mol. The summed E-state index contributed by atoms with van der Waals surface area (Å²) in [6.07, 6.45) is 5.88. The van der Waals surface area contributed by atoms with Crippen molar-refractivity contribution in [3.05, 3.63) is 11.6 Å². The molecule has 0 aromatic rings. The maximum absolute atomic E-state index is 8.83. The van der Waals surface area contributed by atoms with Crippen LogP contribution in [0.5, 0.6) is 0 Å². The summed E-state index contributed by atoms with van der Waals surface area (Å²) in [5.74, 6) is 2.11. The minimum absolute atomic E-state index is 0.307. The number of aliphatic hydroxyl groups excluding tert-OH is 1. The Morgan fingerprint density at radius 1 is 1.56 bits per heavy atom. The molecule has 0 fully saturated rings. The van der Waals surface area contributed by atoms with E-state index in [4.69, 9.17) is 5.11 Å². The Bertz CT molecular complexity index is 225. The molecule has 0 spiro atoms. The van der Waals surface area contributed by atoms with Crippen molar-refractivity contribution in [3.63, 3.8) is 0 Å². The van der Waals surface area contributed by atoms with Crippen LogP contribution in [0.15, 0.2) is 11.6 Å². The molecule has 2 nitrogen and oxygen atoms in total. The summed E-state index contributed by atoms with van der Waals surface area (Å²) in [7, 11) is 0. The molecule has 0 aliphatic heterocycles. The first-order valence-electron chi connectivity index (χ1n) is 6.63. The van der Waals surface area contributed by atoms with E-state index in [0.29, 0.717) is 12.5 Å². The van der Waals surface area contributed by atoms with Gasteiger partial charge < -0.3 is 10.4 Å². The Morgan fingerprint density at radius 2 is 2.31 bits per heavy atom. The second kappa shape index (κ2) is 7.08.